The number of hydrogen-bond donors (Lipinski definition) is 2. The number of nitrogens with one attached hydrogen (secondary N) is 2. The van der Waals surface area contributed by atoms with Crippen molar-refractivity contribution < 1.29 is 18.4 Å². The Morgan fingerprint density at radius 3 is 2.35 bits per heavy atom. The fraction of sp³-hybridized carbons (Fsp3) is 0.100. The standard InChI is InChI=1S/C20H17FN2O3/c1-13(16-5-2-3-6-17(16)21)22-19(24)14-8-10-15(11-9-14)23-20(25)18-7-4-12-26-18/h2-13H,1H3,(H,22,24)(H,23,25)/t13-/m1/s1. The minimum atomic E-state index is -0.470. The third kappa shape index (κ3) is 3.97. The first kappa shape index (κ1) is 17.4. The molecule has 2 N–H and O–H groups in total. The van der Waals surface area contributed by atoms with Crippen molar-refractivity contribution in [2.45, 2.75) is 13.0 Å². The molecule has 0 spiro atoms. The minimum Gasteiger partial charge on any atom is -0.459 e. The predicted molar refractivity (Wildman–Crippen MR) is 95.4 cm³/mol. The molecule has 3 aromatic rings. The Labute approximate surface area is 149 Å². The van der Waals surface area contributed by atoms with E-state index in [1.807, 2.05) is 0 Å². The molecule has 6 heteroatoms. The van der Waals surface area contributed by atoms with Crippen molar-refractivity contribution in [2.75, 3.05) is 5.32 Å². The number of halogens is 1. The highest BCUT2D eigenvalue weighted by Crippen LogP contribution is 2.17. The number of rotatable bonds is 5. The highest BCUT2D eigenvalue weighted by atomic mass is 19.1. The first-order valence-electron chi connectivity index (χ1n) is 8.05. The van der Waals surface area contributed by atoms with Crippen LogP contribution in [0.15, 0.2) is 71.3 Å². The van der Waals surface area contributed by atoms with E-state index in [2.05, 4.69) is 10.6 Å². The number of anilines is 1. The van der Waals surface area contributed by atoms with E-state index in [0.29, 0.717) is 16.8 Å². The lowest BCUT2D eigenvalue weighted by Gasteiger charge is -2.15. The van der Waals surface area contributed by atoms with E-state index >= 15 is 0 Å². The second-order valence-electron chi connectivity index (χ2n) is 5.73. The van der Waals surface area contributed by atoms with Crippen LogP contribution in [0.3, 0.4) is 0 Å². The van der Waals surface area contributed by atoms with E-state index in [-0.39, 0.29) is 23.4 Å². The molecule has 26 heavy (non-hydrogen) atoms. The van der Waals surface area contributed by atoms with Gasteiger partial charge in [-0.25, -0.2) is 4.39 Å². The van der Waals surface area contributed by atoms with Crippen LogP contribution in [0.5, 0.6) is 0 Å². The van der Waals surface area contributed by atoms with Crippen LogP contribution in [0.1, 0.15) is 39.4 Å². The summed E-state index contributed by atoms with van der Waals surface area (Å²) in [4.78, 5) is 24.2. The van der Waals surface area contributed by atoms with Gasteiger partial charge in [0.1, 0.15) is 5.82 Å². The maximum atomic E-state index is 13.8. The fourth-order valence-electron chi connectivity index (χ4n) is 2.49. The lowest BCUT2D eigenvalue weighted by molar-refractivity contribution is 0.0938. The monoisotopic (exact) mass is 352 g/mol. The van der Waals surface area contributed by atoms with Gasteiger partial charge in [-0.2, -0.15) is 0 Å². The quantitative estimate of drug-likeness (QED) is 0.724. The maximum Gasteiger partial charge on any atom is 0.291 e. The summed E-state index contributed by atoms with van der Waals surface area (Å²) in [5.41, 5.74) is 1.36. The van der Waals surface area contributed by atoms with Gasteiger partial charge < -0.3 is 15.1 Å². The Morgan fingerprint density at radius 2 is 1.69 bits per heavy atom. The molecule has 0 unspecified atom stereocenters. The van der Waals surface area contributed by atoms with E-state index < -0.39 is 6.04 Å². The van der Waals surface area contributed by atoms with Crippen molar-refractivity contribution in [3.63, 3.8) is 0 Å². The Bertz CT molecular complexity index is 905. The van der Waals surface area contributed by atoms with Crippen molar-refractivity contribution >= 4 is 17.5 Å². The molecule has 0 saturated carbocycles. The number of furan rings is 1. The third-order valence-corrected chi connectivity index (χ3v) is 3.87. The van der Waals surface area contributed by atoms with Crippen molar-refractivity contribution in [3.8, 4) is 0 Å². The summed E-state index contributed by atoms with van der Waals surface area (Å²) in [7, 11) is 0. The maximum absolute atomic E-state index is 13.8. The zero-order valence-electron chi connectivity index (χ0n) is 14.0. The molecule has 0 aliphatic carbocycles. The van der Waals surface area contributed by atoms with Gasteiger partial charge in [0, 0.05) is 16.8 Å². The molecule has 0 fully saturated rings. The van der Waals surface area contributed by atoms with Crippen LogP contribution in [-0.2, 0) is 0 Å². The topological polar surface area (TPSA) is 71.3 Å². The Balaban J connectivity index is 1.63. The second-order valence-corrected chi connectivity index (χ2v) is 5.73. The first-order chi connectivity index (χ1) is 12.5. The highest BCUT2D eigenvalue weighted by Gasteiger charge is 2.15. The van der Waals surface area contributed by atoms with E-state index in [0.717, 1.165) is 0 Å². The van der Waals surface area contributed by atoms with Gasteiger partial charge in [0.05, 0.1) is 12.3 Å². The van der Waals surface area contributed by atoms with Gasteiger partial charge in [-0.3, -0.25) is 9.59 Å². The first-order valence-corrected chi connectivity index (χ1v) is 8.05. The second kappa shape index (κ2) is 7.65. The van der Waals surface area contributed by atoms with Gasteiger partial charge in [-0.1, -0.05) is 18.2 Å². The van der Waals surface area contributed by atoms with Gasteiger partial charge in [-0.15, -0.1) is 0 Å². The zero-order chi connectivity index (χ0) is 18.5. The minimum absolute atomic E-state index is 0.200. The molecule has 1 heterocycles. The molecule has 132 valence electrons. The number of benzene rings is 2. The third-order valence-electron chi connectivity index (χ3n) is 3.87. The summed E-state index contributed by atoms with van der Waals surface area (Å²) in [6, 6.07) is 15.4. The van der Waals surface area contributed by atoms with Crippen molar-refractivity contribution in [2.24, 2.45) is 0 Å². The molecular formula is C20H17FN2O3. The Kier molecular flexibility index (Phi) is 5.12. The molecule has 0 saturated heterocycles. The molecule has 1 atom stereocenters. The number of carbonyl (C=O) groups excluding carboxylic acids is 2. The molecule has 0 aliphatic rings. The predicted octanol–water partition coefficient (Wildman–Crippen LogP) is 4.16. The molecular weight excluding hydrogens is 335 g/mol. The molecule has 2 aromatic carbocycles. The largest absolute Gasteiger partial charge is 0.459 e. The summed E-state index contributed by atoms with van der Waals surface area (Å²) in [6.07, 6.45) is 1.42. The molecule has 0 aliphatic heterocycles. The van der Waals surface area contributed by atoms with E-state index in [1.165, 1.54) is 12.3 Å². The Hall–Kier alpha value is -3.41. The van der Waals surface area contributed by atoms with Crippen molar-refractivity contribution in [1.29, 1.82) is 0 Å². The fourth-order valence-corrected chi connectivity index (χ4v) is 2.49. The SMILES string of the molecule is C[C@@H](NC(=O)c1ccc(NC(=O)c2ccco2)cc1)c1ccccc1F. The molecule has 0 radical (unpaired) electrons. The van der Waals surface area contributed by atoms with Gasteiger partial charge in [-0.05, 0) is 49.4 Å². The lowest BCUT2D eigenvalue weighted by atomic mass is 10.1. The highest BCUT2D eigenvalue weighted by molar-refractivity contribution is 6.02. The van der Waals surface area contributed by atoms with Crippen LogP contribution in [0.2, 0.25) is 0 Å². The molecule has 3 rings (SSSR count). The van der Waals surface area contributed by atoms with Crippen LogP contribution in [0.4, 0.5) is 10.1 Å². The van der Waals surface area contributed by atoms with E-state index in [4.69, 9.17) is 4.42 Å². The summed E-state index contributed by atoms with van der Waals surface area (Å²) in [6.45, 7) is 1.72. The van der Waals surface area contributed by atoms with Crippen LogP contribution >= 0.6 is 0 Å². The number of amides is 2. The zero-order valence-corrected chi connectivity index (χ0v) is 14.0. The number of hydrogen-bond acceptors (Lipinski definition) is 3. The smallest absolute Gasteiger partial charge is 0.291 e. The van der Waals surface area contributed by atoms with Crippen LogP contribution in [0.25, 0.3) is 0 Å². The Morgan fingerprint density at radius 1 is 0.962 bits per heavy atom. The summed E-state index contributed by atoms with van der Waals surface area (Å²) in [5, 5.41) is 5.43. The van der Waals surface area contributed by atoms with E-state index in [1.54, 1.807) is 61.5 Å². The van der Waals surface area contributed by atoms with Crippen LogP contribution in [0, 0.1) is 5.82 Å². The summed E-state index contributed by atoms with van der Waals surface area (Å²) < 4.78 is 18.8. The van der Waals surface area contributed by atoms with Gasteiger partial charge in [0.2, 0.25) is 0 Å². The van der Waals surface area contributed by atoms with Crippen molar-refractivity contribution in [3.05, 3.63) is 89.6 Å². The summed E-state index contributed by atoms with van der Waals surface area (Å²) in [5.74, 6) is -0.869. The summed E-state index contributed by atoms with van der Waals surface area (Å²) >= 11 is 0. The average Bonchev–Trinajstić information content (AvgIpc) is 3.17. The lowest BCUT2D eigenvalue weighted by Crippen LogP contribution is -2.27. The molecule has 2 amide bonds. The van der Waals surface area contributed by atoms with Crippen LogP contribution in [-0.4, -0.2) is 11.8 Å². The molecule has 0 bridgehead atoms. The van der Waals surface area contributed by atoms with Crippen LogP contribution < -0.4 is 10.6 Å². The molecule has 1 aromatic heterocycles. The van der Waals surface area contributed by atoms with Crippen molar-refractivity contribution in [1.82, 2.24) is 5.32 Å². The normalized spacial score (nSPS) is 11.6. The van der Waals surface area contributed by atoms with Gasteiger partial charge >= 0.3 is 0 Å². The van der Waals surface area contributed by atoms with Gasteiger partial charge in [0.15, 0.2) is 5.76 Å². The van der Waals surface area contributed by atoms with E-state index in [9.17, 15) is 14.0 Å². The average molecular weight is 352 g/mol. The number of carbonyl (C=O) groups is 2. The molecule has 5 nitrogen and oxygen atoms in total. The van der Waals surface area contributed by atoms with Gasteiger partial charge in [0.25, 0.3) is 11.8 Å².